The number of carbonyl (C=O) groups excluding carboxylic acids is 1. The number of fused-ring (bicyclic) bond motifs is 3. The average Bonchev–Trinajstić information content (AvgIpc) is 2.76. The van der Waals surface area contributed by atoms with E-state index in [1.54, 1.807) is 0 Å². The van der Waals surface area contributed by atoms with Crippen molar-refractivity contribution in [1.82, 2.24) is 15.2 Å². The lowest BCUT2D eigenvalue weighted by atomic mass is 9.84. The van der Waals surface area contributed by atoms with Gasteiger partial charge in [-0.25, -0.2) is 4.98 Å². The summed E-state index contributed by atoms with van der Waals surface area (Å²) in [6.07, 6.45) is 2.78. The number of hydrogen-bond donors (Lipinski definition) is 2. The highest BCUT2D eigenvalue weighted by Crippen LogP contribution is 2.27. The van der Waals surface area contributed by atoms with Crippen molar-refractivity contribution >= 4 is 22.4 Å². The predicted molar refractivity (Wildman–Crippen MR) is 71.3 cm³/mol. The molecule has 3 fully saturated rings. The first-order chi connectivity index (χ1) is 8.70. The molecule has 0 saturated carbocycles. The van der Waals surface area contributed by atoms with Gasteiger partial charge in [0.15, 0.2) is 5.13 Å². The van der Waals surface area contributed by atoms with Crippen LogP contribution in [0.25, 0.3) is 0 Å². The summed E-state index contributed by atoms with van der Waals surface area (Å²) in [6.45, 7) is 3.40. The molecule has 0 aliphatic carbocycles. The Balaban J connectivity index is 1.55. The lowest BCUT2D eigenvalue weighted by Crippen LogP contribution is -2.57. The number of carbonyl (C=O) groups is 1. The third-order valence-corrected chi connectivity index (χ3v) is 4.64. The lowest BCUT2D eigenvalue weighted by Gasteiger charge is -2.44. The molecule has 3 aliphatic heterocycles. The van der Waals surface area contributed by atoms with E-state index in [1.165, 1.54) is 37.3 Å². The van der Waals surface area contributed by atoms with Gasteiger partial charge in [-0.05, 0) is 31.8 Å². The largest absolute Gasteiger partial charge is 0.375 e. The zero-order valence-corrected chi connectivity index (χ0v) is 11.1. The molecule has 1 unspecified atom stereocenters. The summed E-state index contributed by atoms with van der Waals surface area (Å²) >= 11 is 1.38. The van der Waals surface area contributed by atoms with Crippen LogP contribution in [-0.4, -0.2) is 41.5 Å². The normalized spacial score (nSPS) is 30.3. The fourth-order valence-electron chi connectivity index (χ4n) is 2.95. The van der Waals surface area contributed by atoms with Crippen LogP contribution in [0.5, 0.6) is 0 Å². The molecule has 1 amide bonds. The Labute approximate surface area is 110 Å². The summed E-state index contributed by atoms with van der Waals surface area (Å²) in [5, 5.41) is 5.53. The molecule has 3 saturated heterocycles. The molecule has 2 bridgehead atoms. The molecule has 1 atom stereocenters. The van der Waals surface area contributed by atoms with E-state index in [4.69, 9.17) is 5.73 Å². The minimum Gasteiger partial charge on any atom is -0.375 e. The Hall–Kier alpha value is -1.14. The zero-order chi connectivity index (χ0) is 12.5. The second-order valence-corrected chi connectivity index (χ2v) is 6.06. The van der Waals surface area contributed by atoms with Crippen LogP contribution in [0.15, 0.2) is 5.38 Å². The molecular weight excluding hydrogens is 248 g/mol. The topological polar surface area (TPSA) is 71.2 Å². The SMILES string of the molecule is Nc1nc(CC(=O)NC2CN3CCC2CC3)cs1. The van der Waals surface area contributed by atoms with Gasteiger partial charge in [0.2, 0.25) is 5.91 Å². The summed E-state index contributed by atoms with van der Waals surface area (Å²) in [4.78, 5) is 18.5. The fourth-order valence-corrected chi connectivity index (χ4v) is 3.52. The maximum absolute atomic E-state index is 12.0. The number of hydrogen-bond acceptors (Lipinski definition) is 5. The van der Waals surface area contributed by atoms with Gasteiger partial charge in [-0.2, -0.15) is 0 Å². The molecule has 0 aromatic carbocycles. The van der Waals surface area contributed by atoms with Gasteiger partial charge in [-0.1, -0.05) is 0 Å². The van der Waals surface area contributed by atoms with E-state index in [1.807, 2.05) is 5.38 Å². The predicted octanol–water partition coefficient (Wildman–Crippen LogP) is 0.478. The summed E-state index contributed by atoms with van der Waals surface area (Å²) in [6, 6.07) is 0.330. The van der Waals surface area contributed by atoms with Gasteiger partial charge >= 0.3 is 0 Å². The van der Waals surface area contributed by atoms with Crippen LogP contribution in [0.1, 0.15) is 18.5 Å². The van der Waals surface area contributed by atoms with Crippen molar-refractivity contribution in [3.8, 4) is 0 Å². The lowest BCUT2D eigenvalue weighted by molar-refractivity contribution is -0.122. The molecule has 4 rings (SSSR count). The third kappa shape index (κ3) is 2.49. The Morgan fingerprint density at radius 2 is 2.33 bits per heavy atom. The summed E-state index contributed by atoms with van der Waals surface area (Å²) < 4.78 is 0. The van der Waals surface area contributed by atoms with Crippen LogP contribution in [-0.2, 0) is 11.2 Å². The highest BCUT2D eigenvalue weighted by atomic mass is 32.1. The van der Waals surface area contributed by atoms with E-state index >= 15 is 0 Å². The molecule has 98 valence electrons. The van der Waals surface area contributed by atoms with Crippen molar-refractivity contribution in [2.24, 2.45) is 5.92 Å². The fraction of sp³-hybridized carbons (Fsp3) is 0.667. The van der Waals surface area contributed by atoms with Crippen molar-refractivity contribution < 1.29 is 4.79 Å². The number of rotatable bonds is 3. The van der Waals surface area contributed by atoms with Gasteiger partial charge in [-0.3, -0.25) is 4.79 Å². The van der Waals surface area contributed by atoms with Crippen LogP contribution >= 0.6 is 11.3 Å². The third-order valence-electron chi connectivity index (χ3n) is 3.91. The van der Waals surface area contributed by atoms with Crippen LogP contribution in [0.3, 0.4) is 0 Å². The van der Waals surface area contributed by atoms with Gasteiger partial charge in [0.1, 0.15) is 0 Å². The van der Waals surface area contributed by atoms with Crippen molar-refractivity contribution in [1.29, 1.82) is 0 Å². The quantitative estimate of drug-likeness (QED) is 0.834. The minimum absolute atomic E-state index is 0.0686. The van der Waals surface area contributed by atoms with Crippen LogP contribution in [0, 0.1) is 5.92 Å². The molecule has 5 nitrogen and oxygen atoms in total. The minimum atomic E-state index is 0.0686. The molecule has 3 N–H and O–H groups in total. The smallest absolute Gasteiger partial charge is 0.226 e. The zero-order valence-electron chi connectivity index (χ0n) is 10.3. The van der Waals surface area contributed by atoms with Crippen molar-refractivity contribution in [2.75, 3.05) is 25.4 Å². The van der Waals surface area contributed by atoms with Crippen LogP contribution in [0.2, 0.25) is 0 Å². The number of piperidine rings is 3. The number of nitrogen functional groups attached to an aromatic ring is 1. The molecule has 0 radical (unpaired) electrons. The number of thiazole rings is 1. The monoisotopic (exact) mass is 266 g/mol. The molecule has 4 heterocycles. The first-order valence-electron chi connectivity index (χ1n) is 6.42. The van der Waals surface area contributed by atoms with Crippen LogP contribution < -0.4 is 11.1 Å². The number of anilines is 1. The molecule has 1 aromatic rings. The standard InChI is InChI=1S/C12H18N4OS/c13-12-14-9(7-18-12)5-11(17)15-10-6-16-3-1-8(10)2-4-16/h7-8,10H,1-6H2,(H2,13,14)(H,15,17). The summed E-state index contributed by atoms with van der Waals surface area (Å²) in [5.74, 6) is 0.735. The molecule has 18 heavy (non-hydrogen) atoms. The molecule has 6 heteroatoms. The molecule has 0 spiro atoms. The highest BCUT2D eigenvalue weighted by molar-refractivity contribution is 7.13. The van der Waals surface area contributed by atoms with E-state index < -0.39 is 0 Å². The Bertz CT molecular complexity index is 439. The average molecular weight is 266 g/mol. The van der Waals surface area contributed by atoms with E-state index in [9.17, 15) is 4.79 Å². The first-order valence-corrected chi connectivity index (χ1v) is 7.30. The van der Waals surface area contributed by atoms with E-state index in [-0.39, 0.29) is 5.91 Å². The van der Waals surface area contributed by atoms with Gasteiger partial charge in [0, 0.05) is 18.0 Å². The Morgan fingerprint density at radius 3 is 2.89 bits per heavy atom. The van der Waals surface area contributed by atoms with Gasteiger partial charge in [0.05, 0.1) is 12.1 Å². The summed E-state index contributed by atoms with van der Waals surface area (Å²) in [5.41, 5.74) is 6.33. The van der Waals surface area contributed by atoms with Crippen molar-refractivity contribution in [3.05, 3.63) is 11.1 Å². The van der Waals surface area contributed by atoms with Gasteiger partial charge < -0.3 is 16.0 Å². The second kappa shape index (κ2) is 4.85. The first kappa shape index (κ1) is 11.9. The van der Waals surface area contributed by atoms with Crippen LogP contribution in [0.4, 0.5) is 5.13 Å². The Kier molecular flexibility index (Phi) is 3.22. The highest BCUT2D eigenvalue weighted by Gasteiger charge is 2.34. The maximum atomic E-state index is 12.0. The van der Waals surface area contributed by atoms with Crippen molar-refractivity contribution in [2.45, 2.75) is 25.3 Å². The molecule has 3 aliphatic rings. The molecular formula is C12H18N4OS. The number of nitrogens with zero attached hydrogens (tertiary/aromatic N) is 2. The number of aromatic nitrogens is 1. The van der Waals surface area contributed by atoms with Gasteiger partial charge in [0.25, 0.3) is 0 Å². The number of nitrogens with two attached hydrogens (primary N) is 1. The second-order valence-electron chi connectivity index (χ2n) is 5.17. The van der Waals surface area contributed by atoms with Crippen molar-refractivity contribution in [3.63, 3.8) is 0 Å². The van der Waals surface area contributed by atoms with E-state index in [2.05, 4.69) is 15.2 Å². The van der Waals surface area contributed by atoms with Gasteiger partial charge in [-0.15, -0.1) is 11.3 Å². The summed E-state index contributed by atoms with van der Waals surface area (Å²) in [7, 11) is 0. The van der Waals surface area contributed by atoms with E-state index in [0.29, 0.717) is 23.5 Å². The van der Waals surface area contributed by atoms with E-state index in [0.717, 1.165) is 12.2 Å². The number of amides is 1. The molecule has 1 aromatic heterocycles. The Morgan fingerprint density at radius 1 is 1.56 bits per heavy atom. The number of nitrogens with one attached hydrogen (secondary N) is 1. The maximum Gasteiger partial charge on any atom is 0.226 e.